The maximum Gasteiger partial charge on any atom is 0.254 e. The highest BCUT2D eigenvalue weighted by molar-refractivity contribution is 5.98. The highest BCUT2D eigenvalue weighted by atomic mass is 35.5. The third-order valence-corrected chi connectivity index (χ3v) is 5.17. The van der Waals surface area contributed by atoms with Crippen molar-refractivity contribution in [3.05, 3.63) is 71.0 Å². The van der Waals surface area contributed by atoms with E-state index in [1.54, 1.807) is 40.1 Å². The highest BCUT2D eigenvalue weighted by Gasteiger charge is 2.29. The zero-order valence-corrected chi connectivity index (χ0v) is 17.5. The molecule has 0 saturated carbocycles. The first kappa shape index (κ1) is 22.8. The Balaban J connectivity index is 0.00000300. The summed E-state index contributed by atoms with van der Waals surface area (Å²) in [5, 5.41) is 3.27. The van der Waals surface area contributed by atoms with Crippen LogP contribution < -0.4 is 5.32 Å². The lowest BCUT2D eigenvalue weighted by molar-refractivity contribution is 0.0633. The summed E-state index contributed by atoms with van der Waals surface area (Å²) in [5.41, 5.74) is 1.87. The van der Waals surface area contributed by atoms with Crippen LogP contribution in [0.1, 0.15) is 46.2 Å². The number of carbonyl (C=O) groups is 2. The monoisotopic (exact) mass is 419 g/mol. The van der Waals surface area contributed by atoms with Crippen LogP contribution in [0.15, 0.2) is 48.5 Å². The van der Waals surface area contributed by atoms with E-state index in [4.69, 9.17) is 0 Å². The van der Waals surface area contributed by atoms with Gasteiger partial charge in [-0.05, 0) is 55.8 Å². The predicted octanol–water partition coefficient (Wildman–Crippen LogP) is 3.52. The number of nitrogens with zero attached hydrogens (tertiary/aromatic N) is 2. The zero-order valence-electron chi connectivity index (χ0n) is 16.7. The van der Waals surface area contributed by atoms with E-state index in [-0.39, 0.29) is 36.1 Å². The van der Waals surface area contributed by atoms with Gasteiger partial charge >= 0.3 is 0 Å². The molecule has 0 radical (unpaired) electrons. The molecule has 0 aromatic heterocycles. The van der Waals surface area contributed by atoms with Gasteiger partial charge in [0.05, 0.1) is 6.04 Å². The lowest BCUT2D eigenvalue weighted by Crippen LogP contribution is -2.48. The quantitative estimate of drug-likeness (QED) is 0.806. The summed E-state index contributed by atoms with van der Waals surface area (Å²) in [5.74, 6) is -0.462. The van der Waals surface area contributed by atoms with Crippen molar-refractivity contribution in [1.29, 1.82) is 0 Å². The maximum absolute atomic E-state index is 13.7. The van der Waals surface area contributed by atoms with Crippen molar-refractivity contribution in [3.63, 3.8) is 0 Å². The molecule has 156 valence electrons. The summed E-state index contributed by atoms with van der Waals surface area (Å²) in [6.07, 6.45) is 0. The molecule has 1 atom stereocenters. The summed E-state index contributed by atoms with van der Waals surface area (Å²) < 4.78 is 13.7. The molecule has 1 unspecified atom stereocenters. The minimum Gasteiger partial charge on any atom is -0.339 e. The van der Waals surface area contributed by atoms with Gasteiger partial charge in [0, 0.05) is 43.9 Å². The van der Waals surface area contributed by atoms with E-state index in [1.165, 1.54) is 12.1 Å². The molecule has 0 spiro atoms. The SMILES string of the molecule is CCN(CC)C(=O)c1ccc(C(=O)N2CCNCC2c2cccc(F)c2)cc1.Cl. The smallest absolute Gasteiger partial charge is 0.254 e. The number of halogens is 2. The lowest BCUT2D eigenvalue weighted by atomic mass is 10.0. The van der Waals surface area contributed by atoms with Crippen molar-refractivity contribution in [2.24, 2.45) is 0 Å². The Labute approximate surface area is 177 Å². The molecule has 1 fully saturated rings. The van der Waals surface area contributed by atoms with Gasteiger partial charge in [0.25, 0.3) is 11.8 Å². The Morgan fingerprint density at radius 2 is 1.76 bits per heavy atom. The van der Waals surface area contributed by atoms with Crippen LogP contribution in [-0.4, -0.2) is 54.3 Å². The normalized spacial score (nSPS) is 16.1. The van der Waals surface area contributed by atoms with Gasteiger partial charge < -0.3 is 15.1 Å². The predicted molar refractivity (Wildman–Crippen MR) is 114 cm³/mol. The zero-order chi connectivity index (χ0) is 20.1. The standard InChI is InChI=1S/C22H26FN3O2.ClH/c1-3-25(4-2)21(27)16-8-10-17(11-9-16)22(28)26-13-12-24-15-20(26)18-6-5-7-19(23)14-18;/h5-11,14,20,24H,3-4,12-13,15H2,1-2H3;1H. The summed E-state index contributed by atoms with van der Waals surface area (Å²) in [7, 11) is 0. The first-order chi connectivity index (χ1) is 13.5. The topological polar surface area (TPSA) is 52.7 Å². The second-order valence-electron chi connectivity index (χ2n) is 6.83. The van der Waals surface area contributed by atoms with Crippen molar-refractivity contribution in [2.75, 3.05) is 32.7 Å². The number of nitrogens with one attached hydrogen (secondary N) is 1. The first-order valence-corrected chi connectivity index (χ1v) is 9.71. The fourth-order valence-electron chi connectivity index (χ4n) is 3.57. The molecule has 7 heteroatoms. The van der Waals surface area contributed by atoms with Crippen molar-refractivity contribution in [1.82, 2.24) is 15.1 Å². The van der Waals surface area contributed by atoms with Crippen LogP contribution in [-0.2, 0) is 0 Å². The molecule has 2 aromatic rings. The highest BCUT2D eigenvalue weighted by Crippen LogP contribution is 2.25. The minimum atomic E-state index is -0.310. The summed E-state index contributed by atoms with van der Waals surface area (Å²) in [6, 6.07) is 13.0. The number of hydrogen-bond donors (Lipinski definition) is 1. The van der Waals surface area contributed by atoms with E-state index in [0.29, 0.717) is 43.9 Å². The third-order valence-electron chi connectivity index (χ3n) is 5.17. The summed E-state index contributed by atoms with van der Waals surface area (Å²) in [6.45, 7) is 6.98. The number of benzene rings is 2. The van der Waals surface area contributed by atoms with E-state index < -0.39 is 0 Å². The van der Waals surface area contributed by atoms with Gasteiger partial charge in [0.15, 0.2) is 0 Å². The molecule has 0 aliphatic carbocycles. The molecule has 3 rings (SSSR count). The van der Waals surface area contributed by atoms with Gasteiger partial charge in [0.1, 0.15) is 5.82 Å². The molecular weight excluding hydrogens is 393 g/mol. The van der Waals surface area contributed by atoms with Crippen LogP contribution in [0.5, 0.6) is 0 Å². The molecule has 0 bridgehead atoms. The fourth-order valence-corrected chi connectivity index (χ4v) is 3.57. The Hall–Kier alpha value is -2.44. The van der Waals surface area contributed by atoms with E-state index in [9.17, 15) is 14.0 Å². The van der Waals surface area contributed by atoms with Crippen LogP contribution in [0.25, 0.3) is 0 Å². The second kappa shape index (κ2) is 10.4. The van der Waals surface area contributed by atoms with E-state index in [0.717, 1.165) is 5.56 Å². The van der Waals surface area contributed by atoms with Crippen LogP contribution in [0.2, 0.25) is 0 Å². The molecule has 1 aliphatic rings. The van der Waals surface area contributed by atoms with E-state index >= 15 is 0 Å². The molecule has 1 saturated heterocycles. The average Bonchev–Trinajstić information content (AvgIpc) is 2.74. The van der Waals surface area contributed by atoms with Crippen LogP contribution in [0, 0.1) is 5.82 Å². The largest absolute Gasteiger partial charge is 0.339 e. The number of hydrogen-bond acceptors (Lipinski definition) is 3. The van der Waals surface area contributed by atoms with Gasteiger partial charge in [0.2, 0.25) is 0 Å². The number of carbonyl (C=O) groups excluding carboxylic acids is 2. The Bertz CT molecular complexity index is 840. The van der Waals surface area contributed by atoms with E-state index in [1.807, 2.05) is 19.9 Å². The van der Waals surface area contributed by atoms with Crippen LogP contribution in [0.3, 0.4) is 0 Å². The molecule has 29 heavy (non-hydrogen) atoms. The molecule has 1 N–H and O–H groups in total. The third kappa shape index (κ3) is 5.14. The molecule has 1 heterocycles. The van der Waals surface area contributed by atoms with Crippen molar-refractivity contribution >= 4 is 24.2 Å². The van der Waals surface area contributed by atoms with Gasteiger partial charge in [-0.1, -0.05) is 12.1 Å². The van der Waals surface area contributed by atoms with Gasteiger partial charge in [-0.15, -0.1) is 12.4 Å². The number of piperazine rings is 1. The Morgan fingerprint density at radius 1 is 1.10 bits per heavy atom. The van der Waals surface area contributed by atoms with Crippen molar-refractivity contribution < 1.29 is 14.0 Å². The number of rotatable bonds is 5. The minimum absolute atomic E-state index is 0. The van der Waals surface area contributed by atoms with Gasteiger partial charge in [-0.25, -0.2) is 4.39 Å². The first-order valence-electron chi connectivity index (χ1n) is 9.71. The lowest BCUT2D eigenvalue weighted by Gasteiger charge is -2.36. The molecule has 2 aromatic carbocycles. The molecule has 1 aliphatic heterocycles. The van der Waals surface area contributed by atoms with Gasteiger partial charge in [-0.2, -0.15) is 0 Å². The number of amides is 2. The molecular formula is C22H27ClFN3O2. The Morgan fingerprint density at radius 3 is 2.38 bits per heavy atom. The molecule has 5 nitrogen and oxygen atoms in total. The maximum atomic E-state index is 13.7. The average molecular weight is 420 g/mol. The van der Waals surface area contributed by atoms with Crippen LogP contribution >= 0.6 is 12.4 Å². The second-order valence-corrected chi connectivity index (χ2v) is 6.83. The van der Waals surface area contributed by atoms with Gasteiger partial charge in [-0.3, -0.25) is 9.59 Å². The van der Waals surface area contributed by atoms with Crippen molar-refractivity contribution in [2.45, 2.75) is 19.9 Å². The summed E-state index contributed by atoms with van der Waals surface area (Å²) in [4.78, 5) is 29.1. The molecule has 2 amide bonds. The Kier molecular flexibility index (Phi) is 8.17. The fraction of sp³-hybridized carbons (Fsp3) is 0.364. The van der Waals surface area contributed by atoms with Crippen LogP contribution in [0.4, 0.5) is 4.39 Å². The summed E-state index contributed by atoms with van der Waals surface area (Å²) >= 11 is 0. The van der Waals surface area contributed by atoms with Crippen molar-refractivity contribution in [3.8, 4) is 0 Å². The van der Waals surface area contributed by atoms with E-state index in [2.05, 4.69) is 5.32 Å².